The maximum atomic E-state index is 12.0. The molecule has 1 heterocycles. The average Bonchev–Trinajstić information content (AvgIpc) is 2.95. The van der Waals surface area contributed by atoms with Crippen molar-refractivity contribution in [3.63, 3.8) is 0 Å². The minimum atomic E-state index is -0.289. The zero-order valence-corrected chi connectivity index (χ0v) is 14.4. The van der Waals surface area contributed by atoms with Crippen LogP contribution in [-0.2, 0) is 11.3 Å². The number of carbonyl (C=O) groups excluding carboxylic acids is 1. The maximum Gasteiger partial charge on any atom is 0.234 e. The first-order valence-electron chi connectivity index (χ1n) is 7.45. The molecule has 6 heteroatoms. The van der Waals surface area contributed by atoms with Gasteiger partial charge in [0.1, 0.15) is 0 Å². The molecule has 0 bridgehead atoms. The van der Waals surface area contributed by atoms with Crippen LogP contribution in [0.2, 0.25) is 0 Å². The summed E-state index contributed by atoms with van der Waals surface area (Å²) in [6, 6.07) is 8.06. The molecular formula is C17H20N4OS. The number of amides is 1. The van der Waals surface area contributed by atoms with Gasteiger partial charge in [-0.3, -0.25) is 4.79 Å². The number of rotatable bonds is 6. The molecule has 0 radical (unpaired) electrons. The van der Waals surface area contributed by atoms with E-state index in [0.717, 1.165) is 28.7 Å². The monoisotopic (exact) mass is 328 g/mol. The third kappa shape index (κ3) is 3.93. The van der Waals surface area contributed by atoms with Gasteiger partial charge in [-0.25, -0.2) is 0 Å². The Morgan fingerprint density at radius 1 is 1.43 bits per heavy atom. The average molecular weight is 328 g/mol. The van der Waals surface area contributed by atoms with Gasteiger partial charge in [-0.15, -0.1) is 16.6 Å². The van der Waals surface area contributed by atoms with Crippen LogP contribution in [0.15, 0.2) is 29.4 Å². The lowest BCUT2D eigenvalue weighted by atomic mass is 10.1. The summed E-state index contributed by atoms with van der Waals surface area (Å²) in [6.45, 7) is 6.89. The van der Waals surface area contributed by atoms with Crippen LogP contribution in [0, 0.1) is 19.3 Å². The summed E-state index contributed by atoms with van der Waals surface area (Å²) in [5.74, 6) is 3.12. The highest BCUT2D eigenvalue weighted by Gasteiger charge is 2.20. The van der Waals surface area contributed by atoms with E-state index in [1.807, 2.05) is 49.6 Å². The Labute approximate surface area is 140 Å². The minimum Gasteiger partial charge on any atom is -0.344 e. The molecule has 0 aliphatic heterocycles. The van der Waals surface area contributed by atoms with E-state index in [9.17, 15) is 4.79 Å². The van der Waals surface area contributed by atoms with Crippen molar-refractivity contribution < 1.29 is 4.79 Å². The molecule has 1 unspecified atom stereocenters. The lowest BCUT2D eigenvalue weighted by Crippen LogP contribution is -2.31. The molecule has 120 valence electrons. The number of carbonyl (C=O) groups is 1. The largest absolute Gasteiger partial charge is 0.344 e. The predicted molar refractivity (Wildman–Crippen MR) is 93.0 cm³/mol. The lowest BCUT2D eigenvalue weighted by molar-refractivity contribution is -0.120. The van der Waals surface area contributed by atoms with Crippen molar-refractivity contribution in [2.75, 3.05) is 6.54 Å². The number of nitrogens with one attached hydrogen (secondary N) is 1. The predicted octanol–water partition coefficient (Wildman–Crippen LogP) is 2.50. The van der Waals surface area contributed by atoms with E-state index < -0.39 is 0 Å². The van der Waals surface area contributed by atoms with Gasteiger partial charge in [0.2, 0.25) is 5.91 Å². The number of hydrogen-bond donors (Lipinski definition) is 1. The second-order valence-electron chi connectivity index (χ2n) is 5.05. The number of thioether (sulfide) groups is 1. The van der Waals surface area contributed by atoms with Crippen molar-refractivity contribution in [1.29, 1.82) is 0 Å². The van der Waals surface area contributed by atoms with Crippen molar-refractivity contribution in [3.8, 4) is 23.7 Å². The summed E-state index contributed by atoms with van der Waals surface area (Å²) >= 11 is 1.38. The normalized spacial score (nSPS) is 11.7. The smallest absolute Gasteiger partial charge is 0.234 e. The number of terminal acetylenes is 1. The molecule has 0 fully saturated rings. The van der Waals surface area contributed by atoms with Crippen molar-refractivity contribution in [2.45, 2.75) is 37.7 Å². The summed E-state index contributed by atoms with van der Waals surface area (Å²) in [6.07, 6.45) is 5.16. The number of nitrogens with zero attached hydrogens (tertiary/aromatic N) is 3. The van der Waals surface area contributed by atoms with E-state index in [1.165, 1.54) is 11.8 Å². The van der Waals surface area contributed by atoms with E-state index in [4.69, 9.17) is 6.42 Å². The molecule has 0 spiro atoms. The number of aromatic nitrogens is 3. The molecule has 0 aliphatic carbocycles. The van der Waals surface area contributed by atoms with E-state index in [0.29, 0.717) is 0 Å². The van der Waals surface area contributed by atoms with E-state index in [1.54, 1.807) is 0 Å². The summed E-state index contributed by atoms with van der Waals surface area (Å²) in [5.41, 5.74) is 2.20. The Hall–Kier alpha value is -2.26. The fraction of sp³-hybridized carbons (Fsp3) is 0.353. The Balaban J connectivity index is 2.24. The van der Waals surface area contributed by atoms with Gasteiger partial charge in [-0.2, -0.15) is 0 Å². The quantitative estimate of drug-likeness (QED) is 0.654. The van der Waals surface area contributed by atoms with Gasteiger partial charge in [-0.1, -0.05) is 41.9 Å². The maximum absolute atomic E-state index is 12.0. The zero-order valence-electron chi connectivity index (χ0n) is 13.5. The van der Waals surface area contributed by atoms with Gasteiger partial charge in [-0.05, 0) is 26.3 Å². The van der Waals surface area contributed by atoms with Gasteiger partial charge in [0, 0.05) is 12.1 Å². The summed E-state index contributed by atoms with van der Waals surface area (Å²) in [4.78, 5) is 12.0. The Morgan fingerprint density at radius 2 is 2.17 bits per heavy atom. The van der Waals surface area contributed by atoms with Gasteiger partial charge in [0.25, 0.3) is 0 Å². The van der Waals surface area contributed by atoms with E-state index in [2.05, 4.69) is 21.4 Å². The summed E-state index contributed by atoms with van der Waals surface area (Å²) in [7, 11) is 0. The van der Waals surface area contributed by atoms with E-state index in [-0.39, 0.29) is 17.7 Å². The van der Waals surface area contributed by atoms with Crippen LogP contribution in [0.4, 0.5) is 0 Å². The highest BCUT2D eigenvalue weighted by molar-refractivity contribution is 8.00. The number of aryl methyl sites for hydroxylation is 1. The third-order valence-electron chi connectivity index (χ3n) is 3.44. The van der Waals surface area contributed by atoms with Crippen LogP contribution in [0.1, 0.15) is 19.4 Å². The van der Waals surface area contributed by atoms with Gasteiger partial charge in [0.05, 0.1) is 11.8 Å². The Kier molecular flexibility index (Phi) is 5.83. The molecule has 0 saturated carbocycles. The molecule has 0 saturated heterocycles. The first-order valence-corrected chi connectivity index (χ1v) is 8.33. The molecule has 1 N–H and O–H groups in total. The lowest BCUT2D eigenvalue weighted by Gasteiger charge is -2.12. The molecule has 1 aromatic carbocycles. The van der Waals surface area contributed by atoms with Crippen molar-refractivity contribution in [1.82, 2.24) is 20.1 Å². The van der Waals surface area contributed by atoms with Crippen LogP contribution in [0.25, 0.3) is 11.4 Å². The fourth-order valence-electron chi connectivity index (χ4n) is 2.18. The second-order valence-corrected chi connectivity index (χ2v) is 6.36. The summed E-state index contributed by atoms with van der Waals surface area (Å²) < 4.78 is 2.03. The zero-order chi connectivity index (χ0) is 16.8. The number of hydrogen-bond acceptors (Lipinski definition) is 4. The molecule has 0 aliphatic rings. The minimum absolute atomic E-state index is 0.101. The first-order chi connectivity index (χ1) is 11.1. The van der Waals surface area contributed by atoms with Gasteiger partial charge < -0.3 is 9.88 Å². The second kappa shape index (κ2) is 7.84. The van der Waals surface area contributed by atoms with Crippen molar-refractivity contribution in [3.05, 3.63) is 29.8 Å². The molecule has 2 rings (SSSR count). The standard InChI is InChI=1S/C17H20N4OS/c1-5-11-18-16(22)13(4)23-17-20-19-15(21(17)6-2)14-10-8-7-9-12(14)3/h1,7-10,13H,6,11H2,2-4H3,(H,18,22). The van der Waals surface area contributed by atoms with Crippen LogP contribution >= 0.6 is 11.8 Å². The SMILES string of the molecule is C#CCNC(=O)C(C)Sc1nnc(-c2ccccc2C)n1CC. The number of benzene rings is 1. The Morgan fingerprint density at radius 3 is 2.83 bits per heavy atom. The summed E-state index contributed by atoms with van der Waals surface area (Å²) in [5, 5.41) is 11.7. The van der Waals surface area contributed by atoms with Crippen molar-refractivity contribution >= 4 is 17.7 Å². The Bertz CT molecular complexity index is 732. The molecule has 23 heavy (non-hydrogen) atoms. The van der Waals surface area contributed by atoms with Crippen molar-refractivity contribution in [2.24, 2.45) is 0 Å². The molecule has 1 atom stereocenters. The molecule has 1 amide bonds. The molecule has 5 nitrogen and oxygen atoms in total. The highest BCUT2D eigenvalue weighted by atomic mass is 32.2. The van der Waals surface area contributed by atoms with Gasteiger partial charge >= 0.3 is 0 Å². The van der Waals surface area contributed by atoms with Crippen LogP contribution in [0.3, 0.4) is 0 Å². The third-order valence-corrected chi connectivity index (χ3v) is 4.52. The first kappa shape index (κ1) is 17.1. The highest BCUT2D eigenvalue weighted by Crippen LogP contribution is 2.28. The van der Waals surface area contributed by atoms with Crippen LogP contribution in [-0.4, -0.2) is 32.5 Å². The van der Waals surface area contributed by atoms with E-state index >= 15 is 0 Å². The van der Waals surface area contributed by atoms with Gasteiger partial charge in [0.15, 0.2) is 11.0 Å². The molecular weight excluding hydrogens is 308 g/mol. The van der Waals surface area contributed by atoms with Crippen LogP contribution < -0.4 is 5.32 Å². The fourth-order valence-corrected chi connectivity index (χ4v) is 3.11. The topological polar surface area (TPSA) is 59.8 Å². The molecule has 1 aromatic heterocycles. The molecule has 2 aromatic rings. The van der Waals surface area contributed by atoms with Crippen LogP contribution in [0.5, 0.6) is 0 Å².